The predicted molar refractivity (Wildman–Crippen MR) is 140 cm³/mol. The highest BCUT2D eigenvalue weighted by Crippen LogP contribution is 2.28. The molecule has 0 bridgehead atoms. The molecular formula is C29H32N4O6. The molecule has 10 nitrogen and oxygen atoms in total. The maximum absolute atomic E-state index is 13.2. The third-order valence-electron chi connectivity index (χ3n) is 7.51. The van der Waals surface area contributed by atoms with Crippen molar-refractivity contribution in [2.75, 3.05) is 6.61 Å². The van der Waals surface area contributed by atoms with E-state index in [4.69, 9.17) is 4.74 Å². The highest BCUT2D eigenvalue weighted by atomic mass is 16.5. The van der Waals surface area contributed by atoms with Crippen LogP contribution in [0.2, 0.25) is 0 Å². The molecule has 10 heteroatoms. The Hall–Kier alpha value is -4.05. The Labute approximate surface area is 226 Å². The third-order valence-corrected chi connectivity index (χ3v) is 7.51. The summed E-state index contributed by atoms with van der Waals surface area (Å²) in [6, 6.07) is 12.8. The molecule has 5 amide bonds. The van der Waals surface area contributed by atoms with E-state index in [1.165, 1.54) is 4.90 Å². The second kappa shape index (κ2) is 11.8. The summed E-state index contributed by atoms with van der Waals surface area (Å²) < 4.78 is 5.71. The Morgan fingerprint density at radius 2 is 1.79 bits per heavy atom. The highest BCUT2D eigenvalue weighted by molar-refractivity contribution is 6.05. The maximum Gasteiger partial charge on any atom is 0.255 e. The van der Waals surface area contributed by atoms with Crippen molar-refractivity contribution in [2.24, 2.45) is 0 Å². The monoisotopic (exact) mass is 532 g/mol. The number of benzene rings is 2. The molecule has 3 N–H and O–H groups in total. The number of carbonyl (C=O) groups is 5. The third kappa shape index (κ3) is 6.17. The highest BCUT2D eigenvalue weighted by Gasteiger charge is 2.39. The molecule has 2 aromatic carbocycles. The molecule has 5 rings (SSSR count). The number of rotatable bonds is 9. The molecular weight excluding hydrogens is 500 g/mol. The van der Waals surface area contributed by atoms with Gasteiger partial charge in [0.25, 0.3) is 5.91 Å². The SMILES string of the molecule is O=C1CCC(N2Cc3cc(CNC(=O)[C@@H](NC(=O)COC4CCCC4)c4ccccc4)ccc3C2=O)C(=O)N1. The van der Waals surface area contributed by atoms with Crippen LogP contribution >= 0.6 is 0 Å². The van der Waals surface area contributed by atoms with Crippen LogP contribution in [0.4, 0.5) is 0 Å². The number of piperidine rings is 1. The van der Waals surface area contributed by atoms with Gasteiger partial charge in [-0.3, -0.25) is 29.3 Å². The Morgan fingerprint density at radius 3 is 2.54 bits per heavy atom. The summed E-state index contributed by atoms with van der Waals surface area (Å²) in [5.41, 5.74) is 2.70. The van der Waals surface area contributed by atoms with Crippen molar-refractivity contribution >= 4 is 29.5 Å². The van der Waals surface area contributed by atoms with E-state index in [9.17, 15) is 24.0 Å². The van der Waals surface area contributed by atoms with Crippen LogP contribution in [0.1, 0.15) is 71.6 Å². The van der Waals surface area contributed by atoms with Crippen molar-refractivity contribution in [2.45, 2.75) is 69.8 Å². The van der Waals surface area contributed by atoms with Gasteiger partial charge in [0.05, 0.1) is 6.10 Å². The molecule has 0 radical (unpaired) electrons. The zero-order valence-corrected chi connectivity index (χ0v) is 21.6. The number of fused-ring (bicyclic) bond motifs is 1. The van der Waals surface area contributed by atoms with E-state index in [0.717, 1.165) is 36.8 Å². The first-order valence-electron chi connectivity index (χ1n) is 13.4. The second-order valence-electron chi connectivity index (χ2n) is 10.2. The number of hydrogen-bond acceptors (Lipinski definition) is 6. The minimum absolute atomic E-state index is 0.0934. The van der Waals surface area contributed by atoms with Crippen LogP contribution < -0.4 is 16.0 Å². The largest absolute Gasteiger partial charge is 0.368 e. The van der Waals surface area contributed by atoms with Crippen LogP contribution in [0.5, 0.6) is 0 Å². The van der Waals surface area contributed by atoms with Crippen molar-refractivity contribution in [3.63, 3.8) is 0 Å². The van der Waals surface area contributed by atoms with E-state index >= 15 is 0 Å². The lowest BCUT2D eigenvalue weighted by molar-refractivity contribution is -0.137. The fraction of sp³-hybridized carbons (Fsp3) is 0.414. The topological polar surface area (TPSA) is 134 Å². The van der Waals surface area contributed by atoms with Crippen molar-refractivity contribution in [3.05, 3.63) is 70.8 Å². The quantitative estimate of drug-likeness (QED) is 0.423. The molecule has 2 aliphatic heterocycles. The van der Waals surface area contributed by atoms with Crippen LogP contribution in [0.15, 0.2) is 48.5 Å². The molecule has 1 aliphatic carbocycles. The van der Waals surface area contributed by atoms with Gasteiger partial charge < -0.3 is 20.3 Å². The zero-order valence-electron chi connectivity index (χ0n) is 21.6. The van der Waals surface area contributed by atoms with Gasteiger partial charge in [0.2, 0.25) is 23.6 Å². The minimum atomic E-state index is -0.884. The molecule has 2 atom stereocenters. The molecule has 1 saturated heterocycles. The molecule has 1 unspecified atom stereocenters. The van der Waals surface area contributed by atoms with E-state index < -0.39 is 18.0 Å². The second-order valence-corrected chi connectivity index (χ2v) is 10.2. The van der Waals surface area contributed by atoms with Gasteiger partial charge in [-0.05, 0) is 42.0 Å². The lowest BCUT2D eigenvalue weighted by Crippen LogP contribution is -2.52. The Kier molecular flexibility index (Phi) is 8.02. The first-order chi connectivity index (χ1) is 18.9. The van der Waals surface area contributed by atoms with Gasteiger partial charge in [-0.15, -0.1) is 0 Å². The average Bonchev–Trinajstić information content (AvgIpc) is 3.57. The normalized spacial score (nSPS) is 19.9. The number of hydrogen-bond donors (Lipinski definition) is 3. The number of nitrogens with one attached hydrogen (secondary N) is 3. The molecule has 0 aromatic heterocycles. The number of carbonyl (C=O) groups excluding carboxylic acids is 5. The lowest BCUT2D eigenvalue weighted by atomic mass is 10.0. The first kappa shape index (κ1) is 26.6. The van der Waals surface area contributed by atoms with Crippen molar-refractivity contribution in [1.82, 2.24) is 20.9 Å². The maximum atomic E-state index is 13.2. The van der Waals surface area contributed by atoms with Gasteiger partial charge in [-0.2, -0.15) is 0 Å². The van der Waals surface area contributed by atoms with Gasteiger partial charge in [-0.1, -0.05) is 55.3 Å². The molecule has 3 aliphatic rings. The van der Waals surface area contributed by atoms with Crippen LogP contribution in [0.25, 0.3) is 0 Å². The fourth-order valence-corrected chi connectivity index (χ4v) is 5.43. The van der Waals surface area contributed by atoms with E-state index in [0.29, 0.717) is 17.5 Å². The molecule has 2 heterocycles. The minimum Gasteiger partial charge on any atom is -0.368 e. The summed E-state index contributed by atoms with van der Waals surface area (Å²) in [7, 11) is 0. The van der Waals surface area contributed by atoms with E-state index in [1.54, 1.807) is 24.3 Å². The predicted octanol–water partition coefficient (Wildman–Crippen LogP) is 1.88. The summed E-state index contributed by atoms with van der Waals surface area (Å²) >= 11 is 0. The Bertz CT molecular complexity index is 1270. The molecule has 204 valence electrons. The first-order valence-corrected chi connectivity index (χ1v) is 13.4. The number of nitrogens with zero attached hydrogens (tertiary/aromatic N) is 1. The molecule has 0 spiro atoms. The van der Waals surface area contributed by atoms with E-state index in [2.05, 4.69) is 16.0 Å². The van der Waals surface area contributed by atoms with Gasteiger partial charge >= 0.3 is 0 Å². The summed E-state index contributed by atoms with van der Waals surface area (Å²) in [6.07, 6.45) is 4.70. The van der Waals surface area contributed by atoms with Crippen LogP contribution in [0, 0.1) is 0 Å². The van der Waals surface area contributed by atoms with Gasteiger partial charge in [-0.25, -0.2) is 0 Å². The summed E-state index contributed by atoms with van der Waals surface area (Å²) in [5.74, 6) is -1.75. The standard InChI is InChI=1S/C29H32N4O6/c34-24-13-12-23(27(36)32-24)33-16-20-14-18(10-11-22(20)29(33)38)15-30-28(37)26(19-6-2-1-3-7-19)31-25(35)17-39-21-8-4-5-9-21/h1-3,6-7,10-11,14,21,23,26H,4-5,8-9,12-13,15-17H2,(H,30,37)(H,31,35)(H,32,34,36)/t23?,26-/m0/s1. The smallest absolute Gasteiger partial charge is 0.255 e. The van der Waals surface area contributed by atoms with Gasteiger partial charge in [0, 0.05) is 25.1 Å². The molecule has 39 heavy (non-hydrogen) atoms. The number of ether oxygens (including phenoxy) is 1. The zero-order chi connectivity index (χ0) is 27.4. The van der Waals surface area contributed by atoms with Crippen molar-refractivity contribution in [3.8, 4) is 0 Å². The van der Waals surface area contributed by atoms with E-state index in [1.807, 2.05) is 24.3 Å². The number of imide groups is 1. The summed E-state index contributed by atoms with van der Waals surface area (Å²) in [6.45, 7) is 0.353. The van der Waals surface area contributed by atoms with Crippen LogP contribution in [-0.2, 0) is 37.0 Å². The molecule has 1 saturated carbocycles. The summed E-state index contributed by atoms with van der Waals surface area (Å²) in [4.78, 5) is 64.0. The van der Waals surface area contributed by atoms with Crippen molar-refractivity contribution < 1.29 is 28.7 Å². The lowest BCUT2D eigenvalue weighted by Gasteiger charge is -2.29. The average molecular weight is 533 g/mol. The Morgan fingerprint density at radius 1 is 1.03 bits per heavy atom. The van der Waals surface area contributed by atoms with Gasteiger partial charge in [0.15, 0.2) is 0 Å². The Balaban J connectivity index is 1.21. The summed E-state index contributed by atoms with van der Waals surface area (Å²) in [5, 5.41) is 8.00. The fourth-order valence-electron chi connectivity index (χ4n) is 5.43. The number of amides is 5. The van der Waals surface area contributed by atoms with Gasteiger partial charge in [0.1, 0.15) is 18.7 Å². The van der Waals surface area contributed by atoms with Crippen LogP contribution in [0.3, 0.4) is 0 Å². The van der Waals surface area contributed by atoms with Crippen molar-refractivity contribution in [1.29, 1.82) is 0 Å². The van der Waals surface area contributed by atoms with Crippen LogP contribution in [-0.4, -0.2) is 53.2 Å². The molecule has 2 aromatic rings. The molecule has 2 fully saturated rings. The van der Waals surface area contributed by atoms with E-state index in [-0.39, 0.29) is 55.8 Å².